The third kappa shape index (κ3) is 2.31. The molecule has 80 valence electrons. The van der Waals surface area contributed by atoms with Crippen molar-refractivity contribution in [2.75, 3.05) is 6.54 Å². The largest absolute Gasteiger partial charge is 0.508 e. The van der Waals surface area contributed by atoms with Crippen LogP contribution in [0.2, 0.25) is 0 Å². The first-order chi connectivity index (χ1) is 7.16. The summed E-state index contributed by atoms with van der Waals surface area (Å²) in [6.45, 7) is 1.31. The third-order valence-electron chi connectivity index (χ3n) is 2.58. The van der Waals surface area contributed by atoms with Crippen molar-refractivity contribution in [1.82, 2.24) is 4.90 Å². The van der Waals surface area contributed by atoms with Gasteiger partial charge in [-0.3, -0.25) is 4.79 Å². The van der Waals surface area contributed by atoms with E-state index in [4.69, 9.17) is 0 Å². The zero-order valence-electron chi connectivity index (χ0n) is 8.24. The molecule has 0 atom stereocenters. The highest BCUT2D eigenvalue weighted by Crippen LogP contribution is 2.25. The number of nitrogens with zero attached hydrogens (tertiary/aromatic N) is 1. The molecule has 0 spiro atoms. The summed E-state index contributed by atoms with van der Waals surface area (Å²) in [5.41, 5.74) is 0.799. The molecule has 1 amide bonds. The van der Waals surface area contributed by atoms with Gasteiger partial charge in [-0.05, 0) is 18.6 Å². The zero-order chi connectivity index (χ0) is 10.8. The Labute approximate surface area is 96.8 Å². The van der Waals surface area contributed by atoms with Crippen LogP contribution in [0, 0.1) is 0 Å². The fourth-order valence-electron chi connectivity index (χ4n) is 1.75. The van der Waals surface area contributed by atoms with Crippen LogP contribution in [-0.2, 0) is 11.3 Å². The highest BCUT2D eigenvalue weighted by atomic mass is 79.9. The lowest BCUT2D eigenvalue weighted by Crippen LogP contribution is -2.23. The van der Waals surface area contributed by atoms with Crippen molar-refractivity contribution in [3.63, 3.8) is 0 Å². The molecular weight excluding hydrogens is 258 g/mol. The number of hydrogen-bond acceptors (Lipinski definition) is 2. The number of rotatable bonds is 2. The van der Waals surface area contributed by atoms with Gasteiger partial charge in [0.15, 0.2) is 0 Å². The standard InChI is InChI=1S/C11H12BrNO2/c12-9-4-3-8(10(14)6-9)7-13-5-1-2-11(13)15/h3-4,6,14H,1-2,5,7H2. The minimum atomic E-state index is 0.178. The maximum absolute atomic E-state index is 11.4. The summed E-state index contributed by atoms with van der Waals surface area (Å²) in [6.07, 6.45) is 1.56. The molecule has 15 heavy (non-hydrogen) atoms. The summed E-state index contributed by atoms with van der Waals surface area (Å²) < 4.78 is 0.844. The van der Waals surface area contributed by atoms with Crippen molar-refractivity contribution in [3.8, 4) is 5.75 Å². The molecule has 3 nitrogen and oxygen atoms in total. The lowest BCUT2D eigenvalue weighted by atomic mass is 10.2. The van der Waals surface area contributed by atoms with Crippen molar-refractivity contribution in [2.24, 2.45) is 0 Å². The van der Waals surface area contributed by atoms with Gasteiger partial charge < -0.3 is 10.0 Å². The second-order valence-electron chi connectivity index (χ2n) is 3.69. The second-order valence-corrected chi connectivity index (χ2v) is 4.61. The fraction of sp³-hybridized carbons (Fsp3) is 0.364. The molecule has 1 heterocycles. The molecular formula is C11H12BrNO2. The summed E-state index contributed by atoms with van der Waals surface area (Å²) in [6, 6.07) is 5.36. The van der Waals surface area contributed by atoms with Crippen LogP contribution >= 0.6 is 15.9 Å². The predicted octanol–water partition coefficient (Wildman–Crippen LogP) is 2.28. The first-order valence-corrected chi connectivity index (χ1v) is 5.71. The van der Waals surface area contributed by atoms with Crippen molar-refractivity contribution >= 4 is 21.8 Å². The van der Waals surface area contributed by atoms with Crippen LogP contribution in [0.1, 0.15) is 18.4 Å². The minimum Gasteiger partial charge on any atom is -0.508 e. The van der Waals surface area contributed by atoms with E-state index >= 15 is 0 Å². The molecule has 0 aromatic heterocycles. The molecule has 2 rings (SSSR count). The monoisotopic (exact) mass is 269 g/mol. The molecule has 0 unspecified atom stereocenters. The number of halogens is 1. The molecule has 1 aromatic rings. The van der Waals surface area contributed by atoms with Crippen LogP contribution in [0.3, 0.4) is 0 Å². The van der Waals surface area contributed by atoms with Gasteiger partial charge in [-0.1, -0.05) is 22.0 Å². The summed E-state index contributed by atoms with van der Waals surface area (Å²) >= 11 is 3.28. The quantitative estimate of drug-likeness (QED) is 0.895. The number of hydrogen-bond donors (Lipinski definition) is 1. The molecule has 0 bridgehead atoms. The van der Waals surface area contributed by atoms with Gasteiger partial charge in [0.05, 0.1) is 0 Å². The highest BCUT2D eigenvalue weighted by molar-refractivity contribution is 9.10. The molecule has 4 heteroatoms. The number of carbonyl (C=O) groups is 1. The molecule has 1 aliphatic heterocycles. The van der Waals surface area contributed by atoms with Crippen molar-refractivity contribution in [3.05, 3.63) is 28.2 Å². The summed E-state index contributed by atoms with van der Waals surface area (Å²) in [5, 5.41) is 9.67. The van der Waals surface area contributed by atoms with E-state index in [0.29, 0.717) is 13.0 Å². The number of phenolic OH excluding ortho intramolecular Hbond substituents is 1. The van der Waals surface area contributed by atoms with Gasteiger partial charge in [0.2, 0.25) is 5.91 Å². The molecule has 1 aliphatic rings. The Hall–Kier alpha value is -1.03. The number of amides is 1. The lowest BCUT2D eigenvalue weighted by Gasteiger charge is -2.16. The minimum absolute atomic E-state index is 0.178. The van der Waals surface area contributed by atoms with Crippen LogP contribution in [0.25, 0.3) is 0 Å². The van der Waals surface area contributed by atoms with Gasteiger partial charge in [-0.2, -0.15) is 0 Å². The normalized spacial score (nSPS) is 16.1. The maximum Gasteiger partial charge on any atom is 0.222 e. The molecule has 0 aliphatic carbocycles. The molecule has 1 N–H and O–H groups in total. The van der Waals surface area contributed by atoms with E-state index in [-0.39, 0.29) is 11.7 Å². The van der Waals surface area contributed by atoms with Gasteiger partial charge in [-0.25, -0.2) is 0 Å². The van der Waals surface area contributed by atoms with Gasteiger partial charge in [0, 0.05) is 29.5 Å². The number of aromatic hydroxyl groups is 1. The van der Waals surface area contributed by atoms with E-state index in [2.05, 4.69) is 15.9 Å². The van der Waals surface area contributed by atoms with Gasteiger partial charge in [0.25, 0.3) is 0 Å². The smallest absolute Gasteiger partial charge is 0.222 e. The van der Waals surface area contributed by atoms with E-state index < -0.39 is 0 Å². The molecule has 0 radical (unpaired) electrons. The number of phenols is 1. The number of likely N-dealkylation sites (tertiary alicyclic amines) is 1. The molecule has 1 saturated heterocycles. The Bertz CT molecular complexity index is 392. The van der Waals surface area contributed by atoms with Crippen LogP contribution in [0.5, 0.6) is 5.75 Å². The molecule has 1 fully saturated rings. The van der Waals surface area contributed by atoms with Crippen LogP contribution < -0.4 is 0 Å². The fourth-order valence-corrected chi connectivity index (χ4v) is 2.10. The summed E-state index contributed by atoms with van der Waals surface area (Å²) in [5.74, 6) is 0.418. The Kier molecular flexibility index (Phi) is 2.95. The molecule has 1 aromatic carbocycles. The van der Waals surface area contributed by atoms with Crippen molar-refractivity contribution in [1.29, 1.82) is 0 Å². The van der Waals surface area contributed by atoms with Crippen LogP contribution in [-0.4, -0.2) is 22.5 Å². The Morgan fingerprint density at radius 1 is 1.47 bits per heavy atom. The van der Waals surface area contributed by atoms with Gasteiger partial charge in [-0.15, -0.1) is 0 Å². The molecule has 0 saturated carbocycles. The first-order valence-electron chi connectivity index (χ1n) is 4.92. The topological polar surface area (TPSA) is 40.5 Å². The van der Waals surface area contributed by atoms with E-state index in [9.17, 15) is 9.90 Å². The van der Waals surface area contributed by atoms with Gasteiger partial charge in [0.1, 0.15) is 5.75 Å². The maximum atomic E-state index is 11.4. The van der Waals surface area contributed by atoms with Gasteiger partial charge >= 0.3 is 0 Å². The highest BCUT2D eigenvalue weighted by Gasteiger charge is 2.20. The SMILES string of the molecule is O=C1CCCN1Cc1ccc(Br)cc1O. The second kappa shape index (κ2) is 4.23. The Morgan fingerprint density at radius 2 is 2.27 bits per heavy atom. The Balaban J connectivity index is 2.13. The van der Waals surface area contributed by atoms with E-state index in [0.717, 1.165) is 23.0 Å². The zero-order valence-corrected chi connectivity index (χ0v) is 9.83. The first kappa shape index (κ1) is 10.5. The Morgan fingerprint density at radius 3 is 2.87 bits per heavy atom. The van der Waals surface area contributed by atoms with E-state index in [1.54, 1.807) is 11.0 Å². The van der Waals surface area contributed by atoms with Crippen molar-refractivity contribution in [2.45, 2.75) is 19.4 Å². The lowest BCUT2D eigenvalue weighted by molar-refractivity contribution is -0.128. The average Bonchev–Trinajstić information content (AvgIpc) is 2.57. The predicted molar refractivity (Wildman–Crippen MR) is 60.5 cm³/mol. The van der Waals surface area contributed by atoms with Crippen LogP contribution in [0.4, 0.5) is 0 Å². The van der Waals surface area contributed by atoms with Crippen LogP contribution in [0.15, 0.2) is 22.7 Å². The summed E-state index contributed by atoms with van der Waals surface area (Å²) in [7, 11) is 0. The third-order valence-corrected chi connectivity index (χ3v) is 3.07. The van der Waals surface area contributed by atoms with E-state index in [1.165, 1.54) is 0 Å². The van der Waals surface area contributed by atoms with E-state index in [1.807, 2.05) is 12.1 Å². The number of carbonyl (C=O) groups excluding carboxylic acids is 1. The summed E-state index contributed by atoms with van der Waals surface area (Å²) in [4.78, 5) is 13.2. The number of benzene rings is 1. The van der Waals surface area contributed by atoms with Crippen molar-refractivity contribution < 1.29 is 9.90 Å². The average molecular weight is 270 g/mol.